The third kappa shape index (κ3) is 3.70. The van der Waals surface area contributed by atoms with Crippen molar-refractivity contribution < 1.29 is 17.6 Å². The number of anilines is 1. The van der Waals surface area contributed by atoms with Crippen LogP contribution in [0, 0.1) is 5.82 Å². The van der Waals surface area contributed by atoms with Crippen LogP contribution < -0.4 is 5.32 Å². The van der Waals surface area contributed by atoms with Crippen LogP contribution in [0.5, 0.6) is 0 Å². The third-order valence-corrected chi connectivity index (χ3v) is 5.28. The Morgan fingerprint density at radius 1 is 1.24 bits per heavy atom. The lowest BCUT2D eigenvalue weighted by Crippen LogP contribution is -2.51. The molecule has 1 heterocycles. The van der Waals surface area contributed by atoms with Crippen molar-refractivity contribution in [2.24, 2.45) is 0 Å². The maximum absolute atomic E-state index is 13.5. The number of nitrogens with one attached hydrogen (secondary N) is 1. The van der Waals surface area contributed by atoms with E-state index in [4.69, 9.17) is 0 Å². The first-order valence-electron chi connectivity index (χ1n) is 6.72. The van der Waals surface area contributed by atoms with E-state index in [-0.39, 0.29) is 24.5 Å². The summed E-state index contributed by atoms with van der Waals surface area (Å²) in [5.74, 6) is -0.452. The van der Waals surface area contributed by atoms with E-state index >= 15 is 0 Å². The Hall–Kier alpha value is -1.67. The van der Waals surface area contributed by atoms with Gasteiger partial charge in [-0.05, 0) is 19.1 Å². The van der Waals surface area contributed by atoms with Crippen LogP contribution in [0.2, 0.25) is 0 Å². The second-order valence-corrected chi connectivity index (χ2v) is 6.95. The van der Waals surface area contributed by atoms with Crippen LogP contribution in [0.1, 0.15) is 6.92 Å². The van der Waals surface area contributed by atoms with E-state index in [0.29, 0.717) is 13.1 Å². The maximum atomic E-state index is 13.5. The lowest BCUT2D eigenvalue weighted by molar-refractivity contribution is 0.184. The molecule has 0 bridgehead atoms. The van der Waals surface area contributed by atoms with Gasteiger partial charge in [-0.2, -0.15) is 4.31 Å². The molecular formula is C13H18FN3O3S. The van der Waals surface area contributed by atoms with E-state index in [2.05, 4.69) is 5.32 Å². The smallest absolute Gasteiger partial charge is 0.322 e. The summed E-state index contributed by atoms with van der Waals surface area (Å²) >= 11 is 0. The van der Waals surface area contributed by atoms with E-state index in [1.54, 1.807) is 19.1 Å². The van der Waals surface area contributed by atoms with Crippen molar-refractivity contribution in [2.45, 2.75) is 6.92 Å². The minimum absolute atomic E-state index is 0.0500. The van der Waals surface area contributed by atoms with Crippen LogP contribution in [0.4, 0.5) is 14.9 Å². The first kappa shape index (κ1) is 15.7. The summed E-state index contributed by atoms with van der Waals surface area (Å²) in [6.07, 6.45) is 0. The molecular weight excluding hydrogens is 297 g/mol. The van der Waals surface area contributed by atoms with Gasteiger partial charge in [-0.1, -0.05) is 12.1 Å². The Balaban J connectivity index is 1.94. The maximum Gasteiger partial charge on any atom is 0.322 e. The molecule has 2 rings (SSSR count). The number of carbonyl (C=O) groups excluding carboxylic acids is 1. The number of piperazine rings is 1. The minimum atomic E-state index is -3.22. The van der Waals surface area contributed by atoms with Gasteiger partial charge in [0.2, 0.25) is 10.0 Å². The van der Waals surface area contributed by atoms with Gasteiger partial charge in [0, 0.05) is 26.2 Å². The molecule has 6 nitrogen and oxygen atoms in total. The van der Waals surface area contributed by atoms with Gasteiger partial charge in [-0.3, -0.25) is 0 Å². The predicted octanol–water partition coefficient (Wildman–Crippen LogP) is 1.32. The summed E-state index contributed by atoms with van der Waals surface area (Å²) in [6.45, 7) is 2.70. The Morgan fingerprint density at radius 3 is 2.43 bits per heavy atom. The molecule has 21 heavy (non-hydrogen) atoms. The van der Waals surface area contributed by atoms with Crippen molar-refractivity contribution in [1.82, 2.24) is 9.21 Å². The lowest BCUT2D eigenvalue weighted by Gasteiger charge is -2.33. The van der Waals surface area contributed by atoms with Gasteiger partial charge >= 0.3 is 6.03 Å². The summed E-state index contributed by atoms with van der Waals surface area (Å²) in [5, 5.41) is 2.49. The highest BCUT2D eigenvalue weighted by Gasteiger charge is 2.27. The fourth-order valence-corrected chi connectivity index (χ4v) is 3.19. The van der Waals surface area contributed by atoms with E-state index in [1.165, 1.54) is 21.3 Å². The average molecular weight is 315 g/mol. The summed E-state index contributed by atoms with van der Waals surface area (Å²) in [7, 11) is -3.22. The van der Waals surface area contributed by atoms with Crippen molar-refractivity contribution in [1.29, 1.82) is 0 Å². The van der Waals surface area contributed by atoms with Gasteiger partial charge in [0.25, 0.3) is 0 Å². The van der Waals surface area contributed by atoms with E-state index in [1.807, 2.05) is 0 Å². The number of para-hydroxylation sites is 1. The molecule has 8 heteroatoms. The number of carbonyl (C=O) groups is 1. The number of hydrogen-bond donors (Lipinski definition) is 1. The molecule has 1 aliphatic rings. The van der Waals surface area contributed by atoms with Gasteiger partial charge in [0.15, 0.2) is 0 Å². The summed E-state index contributed by atoms with van der Waals surface area (Å²) in [6, 6.07) is 5.49. The van der Waals surface area contributed by atoms with Crippen LogP contribution >= 0.6 is 0 Å². The zero-order chi connectivity index (χ0) is 15.5. The molecule has 0 atom stereocenters. The normalized spacial score (nSPS) is 16.8. The molecule has 0 aliphatic carbocycles. The molecule has 0 spiro atoms. The largest absolute Gasteiger partial charge is 0.322 e. The Labute approximate surface area is 123 Å². The number of amides is 2. The van der Waals surface area contributed by atoms with Gasteiger partial charge in [-0.25, -0.2) is 17.6 Å². The summed E-state index contributed by atoms with van der Waals surface area (Å²) in [5.41, 5.74) is 0.117. The third-order valence-electron chi connectivity index (χ3n) is 3.40. The SMILES string of the molecule is CCS(=O)(=O)N1CCN(C(=O)Nc2ccccc2F)CC1. The number of sulfonamides is 1. The molecule has 1 aromatic carbocycles. The lowest BCUT2D eigenvalue weighted by atomic mass is 10.3. The molecule has 1 aromatic rings. The van der Waals surface area contributed by atoms with Crippen molar-refractivity contribution in [3.05, 3.63) is 30.1 Å². The van der Waals surface area contributed by atoms with Crippen LogP contribution in [0.25, 0.3) is 0 Å². The molecule has 1 N–H and O–H groups in total. The standard InChI is InChI=1S/C13H18FN3O3S/c1-2-21(19,20)17-9-7-16(8-10-17)13(18)15-12-6-4-3-5-11(12)14/h3-6H,2,7-10H2,1H3,(H,15,18). The second kappa shape index (κ2) is 6.40. The Kier molecular flexibility index (Phi) is 4.79. The fraction of sp³-hybridized carbons (Fsp3) is 0.462. The number of nitrogens with zero attached hydrogens (tertiary/aromatic N) is 2. The summed E-state index contributed by atoms with van der Waals surface area (Å²) in [4.78, 5) is 13.5. The van der Waals surface area contributed by atoms with Gasteiger partial charge in [0.05, 0.1) is 11.4 Å². The van der Waals surface area contributed by atoms with Gasteiger partial charge < -0.3 is 10.2 Å². The van der Waals surface area contributed by atoms with Crippen LogP contribution in [-0.4, -0.2) is 55.6 Å². The first-order valence-corrected chi connectivity index (χ1v) is 8.33. The van der Waals surface area contributed by atoms with E-state index < -0.39 is 21.9 Å². The van der Waals surface area contributed by atoms with Crippen molar-refractivity contribution >= 4 is 21.7 Å². The molecule has 0 saturated carbocycles. The van der Waals surface area contributed by atoms with Crippen molar-refractivity contribution in [3.8, 4) is 0 Å². The quantitative estimate of drug-likeness (QED) is 0.915. The number of hydrogen-bond acceptors (Lipinski definition) is 3. The van der Waals surface area contributed by atoms with Crippen LogP contribution in [0.15, 0.2) is 24.3 Å². The van der Waals surface area contributed by atoms with E-state index in [9.17, 15) is 17.6 Å². The fourth-order valence-electron chi connectivity index (χ4n) is 2.11. The van der Waals surface area contributed by atoms with Crippen molar-refractivity contribution in [2.75, 3.05) is 37.2 Å². The summed E-state index contributed by atoms with van der Waals surface area (Å²) < 4.78 is 38.3. The highest BCUT2D eigenvalue weighted by atomic mass is 32.2. The molecule has 116 valence electrons. The Morgan fingerprint density at radius 2 is 1.86 bits per heavy atom. The average Bonchev–Trinajstić information content (AvgIpc) is 2.49. The number of urea groups is 1. The highest BCUT2D eigenvalue weighted by Crippen LogP contribution is 2.14. The molecule has 1 fully saturated rings. The second-order valence-electron chi connectivity index (χ2n) is 4.70. The molecule has 1 saturated heterocycles. The number of benzene rings is 1. The highest BCUT2D eigenvalue weighted by molar-refractivity contribution is 7.89. The van der Waals surface area contributed by atoms with E-state index in [0.717, 1.165) is 0 Å². The van der Waals surface area contributed by atoms with Gasteiger partial charge in [-0.15, -0.1) is 0 Å². The molecule has 2 amide bonds. The monoisotopic (exact) mass is 315 g/mol. The molecule has 0 aromatic heterocycles. The molecule has 0 unspecified atom stereocenters. The van der Waals surface area contributed by atoms with Crippen LogP contribution in [0.3, 0.4) is 0 Å². The number of rotatable bonds is 3. The zero-order valence-corrected chi connectivity index (χ0v) is 12.6. The molecule has 1 aliphatic heterocycles. The predicted molar refractivity (Wildman–Crippen MR) is 78.0 cm³/mol. The first-order chi connectivity index (χ1) is 9.94. The minimum Gasteiger partial charge on any atom is -0.322 e. The topological polar surface area (TPSA) is 69.7 Å². The number of halogens is 1. The van der Waals surface area contributed by atoms with Crippen LogP contribution in [-0.2, 0) is 10.0 Å². The molecule has 0 radical (unpaired) electrons. The van der Waals surface area contributed by atoms with Gasteiger partial charge in [0.1, 0.15) is 5.82 Å². The Bertz CT molecular complexity index is 613. The zero-order valence-electron chi connectivity index (χ0n) is 11.8. The van der Waals surface area contributed by atoms with Crippen molar-refractivity contribution in [3.63, 3.8) is 0 Å².